The summed E-state index contributed by atoms with van der Waals surface area (Å²) in [6, 6.07) is 3.80. The molecule has 2 fully saturated rings. The van der Waals surface area contributed by atoms with Crippen LogP contribution in [0.1, 0.15) is 37.3 Å². The number of carbonyl (C=O) groups excluding carboxylic acids is 2. The first-order valence-electron chi connectivity index (χ1n) is 7.93. The van der Waals surface area contributed by atoms with Gasteiger partial charge in [0.1, 0.15) is 11.5 Å². The Morgan fingerprint density at radius 1 is 1.41 bits per heavy atom. The van der Waals surface area contributed by atoms with Crippen molar-refractivity contribution in [2.24, 2.45) is 5.92 Å². The van der Waals surface area contributed by atoms with Gasteiger partial charge in [-0.3, -0.25) is 14.6 Å². The molecule has 22 heavy (non-hydrogen) atoms. The standard InChI is InChI=1S/C16H23N3O3/c1-11-5-7-18(10-15(20)19-8-6-17-16(19)21)13(9-11)14-4-3-12(2)22-14/h3-4,11,13H,5-10H2,1-2H3,(H,17,21)/t11-,13+/m0/s1. The number of carbonyl (C=O) groups is 2. The fourth-order valence-corrected chi connectivity index (χ4v) is 3.28. The largest absolute Gasteiger partial charge is 0.465 e. The second kappa shape index (κ2) is 6.12. The minimum Gasteiger partial charge on any atom is -0.465 e. The predicted molar refractivity (Wildman–Crippen MR) is 81.3 cm³/mol. The summed E-state index contributed by atoms with van der Waals surface area (Å²) in [6.07, 6.45) is 2.04. The smallest absolute Gasteiger partial charge is 0.324 e. The average molecular weight is 305 g/mol. The number of piperidine rings is 1. The third kappa shape index (κ3) is 3.02. The lowest BCUT2D eigenvalue weighted by Crippen LogP contribution is -2.45. The third-order valence-corrected chi connectivity index (χ3v) is 4.56. The molecule has 1 N–H and O–H groups in total. The Morgan fingerprint density at radius 2 is 2.23 bits per heavy atom. The van der Waals surface area contributed by atoms with Crippen molar-refractivity contribution in [1.29, 1.82) is 0 Å². The Bertz CT molecular complexity index is 569. The van der Waals surface area contributed by atoms with E-state index in [1.54, 1.807) is 0 Å². The average Bonchev–Trinajstić information content (AvgIpc) is 3.09. The van der Waals surface area contributed by atoms with Gasteiger partial charge in [0, 0.05) is 13.1 Å². The van der Waals surface area contributed by atoms with Gasteiger partial charge in [0.15, 0.2) is 0 Å². The van der Waals surface area contributed by atoms with Gasteiger partial charge >= 0.3 is 6.03 Å². The van der Waals surface area contributed by atoms with E-state index in [0.717, 1.165) is 30.9 Å². The van der Waals surface area contributed by atoms with Gasteiger partial charge in [-0.2, -0.15) is 0 Å². The van der Waals surface area contributed by atoms with Crippen LogP contribution in [0.3, 0.4) is 0 Å². The predicted octanol–water partition coefficient (Wildman–Crippen LogP) is 1.91. The number of nitrogens with zero attached hydrogens (tertiary/aromatic N) is 2. The number of nitrogens with one attached hydrogen (secondary N) is 1. The van der Waals surface area contributed by atoms with E-state index in [1.807, 2.05) is 19.1 Å². The van der Waals surface area contributed by atoms with Crippen molar-refractivity contribution in [3.63, 3.8) is 0 Å². The molecule has 0 radical (unpaired) electrons. The number of amides is 3. The molecule has 0 saturated carbocycles. The monoisotopic (exact) mass is 305 g/mol. The first-order valence-corrected chi connectivity index (χ1v) is 7.93. The zero-order valence-electron chi connectivity index (χ0n) is 13.2. The maximum atomic E-state index is 12.4. The fraction of sp³-hybridized carbons (Fsp3) is 0.625. The molecule has 0 unspecified atom stereocenters. The Morgan fingerprint density at radius 3 is 2.86 bits per heavy atom. The SMILES string of the molecule is Cc1ccc([C@H]2C[C@@H](C)CCN2CC(=O)N2CCNC2=O)o1. The minimum absolute atomic E-state index is 0.118. The Hall–Kier alpha value is -1.82. The second-order valence-corrected chi connectivity index (χ2v) is 6.34. The number of imide groups is 1. The van der Waals surface area contributed by atoms with Crippen LogP contribution in [0.4, 0.5) is 4.79 Å². The lowest BCUT2D eigenvalue weighted by Gasteiger charge is -2.37. The lowest BCUT2D eigenvalue weighted by molar-refractivity contribution is -0.130. The number of rotatable bonds is 3. The van der Waals surface area contributed by atoms with Gasteiger partial charge in [0.05, 0.1) is 12.6 Å². The number of furan rings is 1. The summed E-state index contributed by atoms with van der Waals surface area (Å²) in [5.41, 5.74) is 0. The van der Waals surface area contributed by atoms with Crippen LogP contribution in [-0.4, -0.2) is 47.9 Å². The summed E-state index contributed by atoms with van der Waals surface area (Å²) < 4.78 is 5.78. The molecule has 3 amide bonds. The second-order valence-electron chi connectivity index (χ2n) is 6.34. The molecule has 2 aliphatic heterocycles. The Balaban J connectivity index is 1.72. The van der Waals surface area contributed by atoms with Gasteiger partial charge in [0.2, 0.25) is 5.91 Å². The maximum absolute atomic E-state index is 12.4. The van der Waals surface area contributed by atoms with E-state index in [2.05, 4.69) is 17.1 Å². The van der Waals surface area contributed by atoms with Gasteiger partial charge in [-0.15, -0.1) is 0 Å². The number of hydrogen-bond donors (Lipinski definition) is 1. The lowest BCUT2D eigenvalue weighted by atomic mass is 9.91. The number of likely N-dealkylation sites (tertiary alicyclic amines) is 1. The molecule has 0 bridgehead atoms. The molecule has 3 rings (SSSR count). The highest BCUT2D eigenvalue weighted by Crippen LogP contribution is 2.34. The summed E-state index contributed by atoms with van der Waals surface area (Å²) in [7, 11) is 0. The number of aryl methyl sites for hydroxylation is 1. The van der Waals surface area contributed by atoms with Crippen LogP contribution < -0.4 is 5.32 Å². The molecule has 2 atom stereocenters. The Labute approximate surface area is 130 Å². The highest BCUT2D eigenvalue weighted by atomic mass is 16.3. The van der Waals surface area contributed by atoms with Crippen LogP contribution >= 0.6 is 0 Å². The molecule has 0 spiro atoms. The zero-order valence-corrected chi connectivity index (χ0v) is 13.2. The van der Waals surface area contributed by atoms with Gasteiger partial charge in [-0.1, -0.05) is 6.92 Å². The van der Waals surface area contributed by atoms with Crippen molar-refractivity contribution in [2.75, 3.05) is 26.2 Å². The molecule has 6 nitrogen and oxygen atoms in total. The quantitative estimate of drug-likeness (QED) is 0.926. The first kappa shape index (κ1) is 15.1. The zero-order chi connectivity index (χ0) is 15.7. The van der Waals surface area contributed by atoms with E-state index < -0.39 is 0 Å². The molecule has 2 aliphatic rings. The topological polar surface area (TPSA) is 65.8 Å². The van der Waals surface area contributed by atoms with Crippen molar-refractivity contribution in [3.8, 4) is 0 Å². The number of urea groups is 1. The van der Waals surface area contributed by atoms with Gasteiger partial charge in [-0.05, 0) is 44.4 Å². The minimum atomic E-state index is -0.277. The highest BCUT2D eigenvalue weighted by molar-refractivity contribution is 5.96. The van der Waals surface area contributed by atoms with Crippen LogP contribution in [-0.2, 0) is 4.79 Å². The molecular formula is C16H23N3O3. The van der Waals surface area contributed by atoms with Crippen LogP contribution in [0.2, 0.25) is 0 Å². The van der Waals surface area contributed by atoms with Crippen LogP contribution in [0.5, 0.6) is 0 Å². The van der Waals surface area contributed by atoms with E-state index in [4.69, 9.17) is 4.42 Å². The summed E-state index contributed by atoms with van der Waals surface area (Å²) in [6.45, 7) is 6.29. The maximum Gasteiger partial charge on any atom is 0.324 e. The molecule has 6 heteroatoms. The van der Waals surface area contributed by atoms with Gasteiger partial charge in [-0.25, -0.2) is 4.79 Å². The summed E-state index contributed by atoms with van der Waals surface area (Å²) in [4.78, 5) is 27.5. The van der Waals surface area contributed by atoms with Crippen molar-refractivity contribution >= 4 is 11.9 Å². The Kier molecular flexibility index (Phi) is 4.20. The van der Waals surface area contributed by atoms with Crippen molar-refractivity contribution in [3.05, 3.63) is 23.7 Å². The molecule has 1 aromatic heterocycles. The van der Waals surface area contributed by atoms with Gasteiger partial charge < -0.3 is 9.73 Å². The van der Waals surface area contributed by atoms with Crippen LogP contribution in [0.15, 0.2) is 16.5 Å². The van der Waals surface area contributed by atoms with Crippen molar-refractivity contribution < 1.29 is 14.0 Å². The molecular weight excluding hydrogens is 282 g/mol. The van der Waals surface area contributed by atoms with Gasteiger partial charge in [0.25, 0.3) is 0 Å². The van der Waals surface area contributed by atoms with E-state index >= 15 is 0 Å². The van der Waals surface area contributed by atoms with Crippen molar-refractivity contribution in [2.45, 2.75) is 32.7 Å². The molecule has 3 heterocycles. The first-order chi connectivity index (χ1) is 10.5. The third-order valence-electron chi connectivity index (χ3n) is 4.56. The van der Waals surface area contributed by atoms with E-state index in [9.17, 15) is 9.59 Å². The number of hydrogen-bond acceptors (Lipinski definition) is 4. The van der Waals surface area contributed by atoms with E-state index in [0.29, 0.717) is 19.0 Å². The summed E-state index contributed by atoms with van der Waals surface area (Å²) in [5, 5.41) is 2.67. The van der Waals surface area contributed by atoms with E-state index in [1.165, 1.54) is 4.90 Å². The highest BCUT2D eigenvalue weighted by Gasteiger charge is 2.34. The van der Waals surface area contributed by atoms with E-state index in [-0.39, 0.29) is 24.5 Å². The van der Waals surface area contributed by atoms with Crippen LogP contribution in [0.25, 0.3) is 0 Å². The summed E-state index contributed by atoms with van der Waals surface area (Å²) in [5.74, 6) is 2.29. The fourth-order valence-electron chi connectivity index (χ4n) is 3.28. The molecule has 120 valence electrons. The normalized spacial score (nSPS) is 26.3. The summed E-state index contributed by atoms with van der Waals surface area (Å²) >= 11 is 0. The van der Waals surface area contributed by atoms with Crippen LogP contribution in [0, 0.1) is 12.8 Å². The molecule has 1 aromatic rings. The molecule has 2 saturated heterocycles. The molecule has 0 aliphatic carbocycles. The van der Waals surface area contributed by atoms with Crippen molar-refractivity contribution in [1.82, 2.24) is 15.1 Å². The molecule has 0 aromatic carbocycles.